The summed E-state index contributed by atoms with van der Waals surface area (Å²) in [5.41, 5.74) is 1.83. The van der Waals surface area contributed by atoms with Crippen LogP contribution in [0.3, 0.4) is 0 Å². The highest BCUT2D eigenvalue weighted by molar-refractivity contribution is 7.83. The molecule has 1 amide bonds. The van der Waals surface area contributed by atoms with Gasteiger partial charge < -0.3 is 25.0 Å². The van der Waals surface area contributed by atoms with Gasteiger partial charge in [-0.3, -0.25) is 4.79 Å². The van der Waals surface area contributed by atoms with E-state index < -0.39 is 11.0 Å². The zero-order valence-corrected chi connectivity index (χ0v) is 21.6. The Hall–Kier alpha value is -2.53. The number of carbonyl (C=O) groups excluding carboxylic acids is 1. The van der Waals surface area contributed by atoms with Crippen LogP contribution >= 0.6 is 0 Å². The first-order valence-corrected chi connectivity index (χ1v) is 13.9. The molecule has 3 N–H and O–H groups in total. The molecule has 194 valence electrons. The summed E-state index contributed by atoms with van der Waals surface area (Å²) >= 11 is 0. The number of amides is 1. The summed E-state index contributed by atoms with van der Waals surface area (Å²) in [7, 11) is -1.47. The number of nitrogens with zero attached hydrogens (tertiary/aromatic N) is 3. The lowest BCUT2D eigenvalue weighted by Crippen LogP contribution is -2.41. The van der Waals surface area contributed by atoms with Crippen LogP contribution in [0.1, 0.15) is 43.0 Å². The first-order chi connectivity index (χ1) is 17.5. The average Bonchev–Trinajstić information content (AvgIpc) is 3.66. The predicted molar refractivity (Wildman–Crippen MR) is 141 cm³/mol. The van der Waals surface area contributed by atoms with E-state index in [2.05, 4.69) is 24.8 Å². The van der Waals surface area contributed by atoms with Gasteiger partial charge in [0.25, 0.3) is 5.91 Å². The fourth-order valence-corrected chi connectivity index (χ4v) is 5.93. The SMILES string of the molecule is C[C@@H]1CN(c2cccc(NC(=O)c3ccc(S(=O)NCCO)cc3N3CCC4(CC3)CC4)n2)CCO1. The van der Waals surface area contributed by atoms with Gasteiger partial charge in [-0.25, -0.2) is 13.9 Å². The largest absolute Gasteiger partial charge is 0.395 e. The number of aromatic nitrogens is 1. The summed E-state index contributed by atoms with van der Waals surface area (Å²) in [6, 6.07) is 10.9. The van der Waals surface area contributed by atoms with Crippen LogP contribution in [0.5, 0.6) is 0 Å². The van der Waals surface area contributed by atoms with E-state index in [1.165, 1.54) is 12.8 Å². The summed E-state index contributed by atoms with van der Waals surface area (Å²) in [6.45, 7) is 6.11. The highest BCUT2D eigenvalue weighted by Crippen LogP contribution is 2.54. The molecule has 2 aliphatic heterocycles. The number of benzene rings is 1. The average molecular weight is 514 g/mol. The molecule has 1 spiro atoms. The van der Waals surface area contributed by atoms with Gasteiger partial charge in [-0.05, 0) is 68.4 Å². The van der Waals surface area contributed by atoms with E-state index in [1.54, 1.807) is 18.2 Å². The highest BCUT2D eigenvalue weighted by atomic mass is 32.2. The van der Waals surface area contributed by atoms with Crippen LogP contribution in [0.25, 0.3) is 0 Å². The maximum absolute atomic E-state index is 13.5. The lowest BCUT2D eigenvalue weighted by atomic mass is 9.93. The van der Waals surface area contributed by atoms with Crippen molar-refractivity contribution in [2.75, 3.05) is 61.1 Å². The number of anilines is 3. The Morgan fingerprint density at radius 1 is 1.17 bits per heavy atom. The quantitative estimate of drug-likeness (QED) is 0.498. The van der Waals surface area contributed by atoms with Gasteiger partial charge in [0.05, 0.1) is 35.5 Å². The minimum absolute atomic E-state index is 0.0945. The molecule has 3 aliphatic rings. The molecule has 10 heteroatoms. The van der Waals surface area contributed by atoms with E-state index >= 15 is 0 Å². The molecule has 3 fully saturated rings. The number of hydrogen-bond acceptors (Lipinski definition) is 7. The van der Waals surface area contributed by atoms with E-state index in [9.17, 15) is 9.00 Å². The Balaban J connectivity index is 1.37. The molecule has 36 heavy (non-hydrogen) atoms. The number of piperidine rings is 1. The number of rotatable bonds is 8. The molecule has 5 rings (SSSR count). The minimum Gasteiger partial charge on any atom is -0.395 e. The Morgan fingerprint density at radius 3 is 2.69 bits per heavy atom. The predicted octanol–water partition coefficient (Wildman–Crippen LogP) is 2.54. The second-order valence-corrected chi connectivity index (χ2v) is 11.3. The number of aliphatic hydroxyl groups excluding tert-OH is 1. The number of carbonyl (C=O) groups is 1. The number of morpholine rings is 1. The Labute approximate surface area is 214 Å². The molecule has 1 unspecified atom stereocenters. The van der Waals surface area contributed by atoms with Gasteiger partial charge in [0, 0.05) is 32.7 Å². The Bertz CT molecular complexity index is 1120. The standard InChI is InChI=1S/C26H35N5O4S/c1-19-18-31(14-16-35-19)24-4-2-3-23(28-24)29-25(33)21-6-5-20(36(34)27-11-15-32)17-22(21)30-12-9-26(7-8-26)10-13-30/h2-6,17,19,27,32H,7-16,18H2,1H3,(H,28,29,33)/t19-,36?/m1/s1. The second-order valence-electron chi connectivity index (χ2n) is 10.0. The second kappa shape index (κ2) is 10.8. The van der Waals surface area contributed by atoms with Crippen molar-refractivity contribution >= 4 is 34.2 Å². The topological polar surface area (TPSA) is 107 Å². The van der Waals surface area contributed by atoms with Crippen LogP contribution in [0.4, 0.5) is 17.3 Å². The molecule has 2 atom stereocenters. The number of nitrogens with one attached hydrogen (secondary N) is 2. The third-order valence-electron chi connectivity index (χ3n) is 7.44. The summed E-state index contributed by atoms with van der Waals surface area (Å²) in [6.07, 6.45) is 4.97. The van der Waals surface area contributed by atoms with Crippen molar-refractivity contribution in [3.05, 3.63) is 42.0 Å². The molecule has 9 nitrogen and oxygen atoms in total. The van der Waals surface area contributed by atoms with E-state index in [1.807, 2.05) is 25.1 Å². The number of aliphatic hydroxyl groups is 1. The molecule has 3 heterocycles. The van der Waals surface area contributed by atoms with Crippen LogP contribution in [0, 0.1) is 5.41 Å². The van der Waals surface area contributed by atoms with Crippen molar-refractivity contribution in [1.29, 1.82) is 0 Å². The van der Waals surface area contributed by atoms with Crippen molar-refractivity contribution in [2.45, 2.75) is 43.6 Å². The fraction of sp³-hybridized carbons (Fsp3) is 0.538. The third-order valence-corrected chi connectivity index (χ3v) is 8.58. The molecule has 0 bridgehead atoms. The molecule has 1 saturated carbocycles. The summed E-state index contributed by atoms with van der Waals surface area (Å²) < 4.78 is 21.1. The number of hydrogen-bond donors (Lipinski definition) is 3. The summed E-state index contributed by atoms with van der Waals surface area (Å²) in [5.74, 6) is 1.07. The summed E-state index contributed by atoms with van der Waals surface area (Å²) in [5, 5.41) is 12.1. The van der Waals surface area contributed by atoms with Gasteiger partial charge in [0.15, 0.2) is 0 Å². The van der Waals surface area contributed by atoms with Crippen molar-refractivity contribution < 1.29 is 18.8 Å². The zero-order valence-electron chi connectivity index (χ0n) is 20.7. The van der Waals surface area contributed by atoms with Crippen LogP contribution in [-0.2, 0) is 15.7 Å². The van der Waals surface area contributed by atoms with Gasteiger partial charge in [-0.2, -0.15) is 0 Å². The molecule has 1 aromatic heterocycles. The number of pyridine rings is 1. The minimum atomic E-state index is -1.47. The Morgan fingerprint density at radius 2 is 1.97 bits per heavy atom. The first-order valence-electron chi connectivity index (χ1n) is 12.8. The lowest BCUT2D eigenvalue weighted by molar-refractivity contribution is 0.0529. The Kier molecular flexibility index (Phi) is 7.57. The van der Waals surface area contributed by atoms with Gasteiger partial charge in [-0.15, -0.1) is 0 Å². The van der Waals surface area contributed by atoms with Crippen LogP contribution < -0.4 is 19.8 Å². The van der Waals surface area contributed by atoms with Crippen LogP contribution in [-0.4, -0.2) is 72.2 Å². The van der Waals surface area contributed by atoms with Gasteiger partial charge >= 0.3 is 0 Å². The zero-order chi connectivity index (χ0) is 25.1. The molecular formula is C26H35N5O4S. The lowest BCUT2D eigenvalue weighted by Gasteiger charge is -2.35. The molecular weight excluding hydrogens is 478 g/mol. The maximum atomic E-state index is 13.5. The van der Waals surface area contributed by atoms with E-state index in [0.717, 1.165) is 50.5 Å². The van der Waals surface area contributed by atoms with Gasteiger partial charge in [0.1, 0.15) is 22.6 Å². The third kappa shape index (κ3) is 5.72. The molecule has 2 saturated heterocycles. The fourth-order valence-electron chi connectivity index (χ4n) is 5.08. The van der Waals surface area contributed by atoms with Gasteiger partial charge in [0.2, 0.25) is 0 Å². The molecule has 1 aromatic carbocycles. The normalized spacial score (nSPS) is 21.9. The summed E-state index contributed by atoms with van der Waals surface area (Å²) in [4.78, 5) is 23.2. The maximum Gasteiger partial charge on any atom is 0.258 e. The van der Waals surface area contributed by atoms with Crippen LogP contribution in [0.15, 0.2) is 41.3 Å². The van der Waals surface area contributed by atoms with Crippen LogP contribution in [0.2, 0.25) is 0 Å². The van der Waals surface area contributed by atoms with Crippen molar-refractivity contribution in [1.82, 2.24) is 9.71 Å². The first kappa shape index (κ1) is 25.1. The van der Waals surface area contributed by atoms with E-state index in [0.29, 0.717) is 28.3 Å². The van der Waals surface area contributed by atoms with E-state index in [-0.39, 0.29) is 25.2 Å². The monoisotopic (exact) mass is 513 g/mol. The van der Waals surface area contributed by atoms with Crippen molar-refractivity contribution in [3.63, 3.8) is 0 Å². The smallest absolute Gasteiger partial charge is 0.258 e. The van der Waals surface area contributed by atoms with Crippen molar-refractivity contribution in [3.8, 4) is 0 Å². The highest BCUT2D eigenvalue weighted by Gasteiger charge is 2.44. The molecule has 0 radical (unpaired) electrons. The molecule has 2 aromatic rings. The van der Waals surface area contributed by atoms with Gasteiger partial charge in [-0.1, -0.05) is 6.07 Å². The number of ether oxygens (including phenoxy) is 1. The molecule has 1 aliphatic carbocycles. The van der Waals surface area contributed by atoms with Crippen molar-refractivity contribution in [2.24, 2.45) is 5.41 Å². The van der Waals surface area contributed by atoms with E-state index in [4.69, 9.17) is 9.84 Å².